The van der Waals surface area contributed by atoms with Gasteiger partial charge in [-0.15, -0.1) is 0 Å². The second-order valence-electron chi connectivity index (χ2n) is 2.53. The van der Waals surface area contributed by atoms with E-state index in [1.54, 1.807) is 12.1 Å². The predicted octanol–water partition coefficient (Wildman–Crippen LogP) is 1.97. The Hall–Kier alpha value is -0.170. The highest BCUT2D eigenvalue weighted by atomic mass is 79.9. The van der Waals surface area contributed by atoms with Gasteiger partial charge in [0.15, 0.2) is 0 Å². The molecule has 0 bridgehead atoms. The molecule has 0 aliphatic heterocycles. The zero-order valence-corrected chi connectivity index (χ0v) is 10.4. The van der Waals surface area contributed by atoms with E-state index in [1.165, 1.54) is 0 Å². The molecule has 0 saturated carbocycles. The summed E-state index contributed by atoms with van der Waals surface area (Å²) in [4.78, 5) is 3.90. The first-order chi connectivity index (χ1) is 6.38. The van der Waals surface area contributed by atoms with Crippen molar-refractivity contribution in [3.63, 3.8) is 0 Å². The van der Waals surface area contributed by atoms with Crippen molar-refractivity contribution in [3.05, 3.63) is 27.5 Å². The average Bonchev–Trinajstić information content (AvgIpc) is 2.05. The number of rotatable bonds is 3. The van der Waals surface area contributed by atoms with Crippen molar-refractivity contribution in [3.8, 4) is 0 Å². The minimum absolute atomic E-state index is 0.125. The van der Waals surface area contributed by atoms with Crippen molar-refractivity contribution in [2.24, 2.45) is 0 Å². The molecule has 78 valence electrons. The number of hydrogen-bond donors (Lipinski definition) is 0. The lowest BCUT2D eigenvalue weighted by molar-refractivity contribution is 0.306. The molecule has 14 heavy (non-hydrogen) atoms. The predicted molar refractivity (Wildman–Crippen MR) is 56.6 cm³/mol. The Labute approximate surface area is 95.5 Å². The molecule has 0 fully saturated rings. The van der Waals surface area contributed by atoms with E-state index >= 15 is 0 Å². The van der Waals surface area contributed by atoms with Crippen LogP contribution in [0.5, 0.6) is 0 Å². The van der Waals surface area contributed by atoms with Gasteiger partial charge < -0.3 is 0 Å². The Morgan fingerprint density at radius 2 is 2.21 bits per heavy atom. The van der Waals surface area contributed by atoms with Crippen LogP contribution in [0, 0.1) is 0 Å². The summed E-state index contributed by atoms with van der Waals surface area (Å²) in [6, 6.07) is 3.27. The number of halogens is 2. The quantitative estimate of drug-likeness (QED) is 0.632. The highest BCUT2D eigenvalue weighted by molar-refractivity contribution is 9.10. The van der Waals surface area contributed by atoms with Crippen molar-refractivity contribution in [1.82, 2.24) is 4.98 Å². The molecule has 0 amide bonds. The molecule has 1 aromatic heterocycles. The summed E-state index contributed by atoms with van der Waals surface area (Å²) in [5, 5.41) is 0.292. The zero-order valence-electron chi connectivity index (χ0n) is 7.20. The maximum absolute atomic E-state index is 10.7. The summed E-state index contributed by atoms with van der Waals surface area (Å²) in [5.74, 6) is 0. The van der Waals surface area contributed by atoms with Crippen LogP contribution in [0.15, 0.2) is 16.6 Å². The highest BCUT2D eigenvalue weighted by Crippen LogP contribution is 2.18. The molecule has 4 nitrogen and oxygen atoms in total. The van der Waals surface area contributed by atoms with Crippen LogP contribution >= 0.6 is 27.5 Å². The van der Waals surface area contributed by atoms with Crippen LogP contribution in [0.2, 0.25) is 5.15 Å². The molecule has 0 saturated heterocycles. The minimum Gasteiger partial charge on any atom is -0.264 e. The average molecular weight is 301 g/mol. The molecule has 0 spiro atoms. The van der Waals surface area contributed by atoms with Gasteiger partial charge in [0.2, 0.25) is 0 Å². The number of aromatic nitrogens is 1. The largest absolute Gasteiger partial charge is 0.264 e. The van der Waals surface area contributed by atoms with Gasteiger partial charge in [-0.25, -0.2) is 4.98 Å². The molecule has 0 N–H and O–H groups in total. The summed E-state index contributed by atoms with van der Waals surface area (Å²) >= 11 is 8.83. The third-order valence-electron chi connectivity index (χ3n) is 1.29. The summed E-state index contributed by atoms with van der Waals surface area (Å²) < 4.78 is 26.6. The lowest BCUT2D eigenvalue weighted by atomic mass is 10.4. The van der Waals surface area contributed by atoms with Crippen LogP contribution in [-0.2, 0) is 20.9 Å². The molecule has 0 aromatic carbocycles. The molecule has 0 aliphatic carbocycles. The Balaban J connectivity index is 2.81. The molecule has 0 aliphatic rings. The second kappa shape index (κ2) is 4.57. The fourth-order valence-corrected chi connectivity index (χ4v) is 1.55. The highest BCUT2D eigenvalue weighted by Gasteiger charge is 2.07. The molecule has 0 atom stereocenters. The number of nitrogens with zero attached hydrogens (tertiary/aromatic N) is 1. The monoisotopic (exact) mass is 299 g/mol. The normalized spacial score (nSPS) is 11.6. The van der Waals surface area contributed by atoms with E-state index in [1.807, 2.05) is 0 Å². The van der Waals surface area contributed by atoms with Crippen LogP contribution < -0.4 is 0 Å². The Kier molecular flexibility index (Phi) is 3.88. The molecular formula is C7H7BrClNO3S. The van der Waals surface area contributed by atoms with Crippen LogP contribution in [0.3, 0.4) is 0 Å². The lowest BCUT2D eigenvalue weighted by Crippen LogP contribution is -2.04. The zero-order chi connectivity index (χ0) is 10.8. The van der Waals surface area contributed by atoms with Crippen molar-refractivity contribution in [2.75, 3.05) is 6.26 Å². The van der Waals surface area contributed by atoms with Crippen LogP contribution in [-0.4, -0.2) is 19.7 Å². The summed E-state index contributed by atoms with van der Waals surface area (Å²) in [6.45, 7) is -0.125. The Morgan fingerprint density at radius 1 is 1.57 bits per heavy atom. The second-order valence-corrected chi connectivity index (χ2v) is 5.41. The molecule has 1 heterocycles. The minimum atomic E-state index is -3.46. The van der Waals surface area contributed by atoms with E-state index < -0.39 is 10.1 Å². The third-order valence-corrected chi connectivity index (χ3v) is 2.77. The van der Waals surface area contributed by atoms with Gasteiger partial charge in [-0.3, -0.25) is 4.18 Å². The van der Waals surface area contributed by atoms with Crippen molar-refractivity contribution in [2.45, 2.75) is 6.61 Å². The Morgan fingerprint density at radius 3 is 2.79 bits per heavy atom. The van der Waals surface area contributed by atoms with Gasteiger partial charge in [-0.05, 0) is 28.1 Å². The van der Waals surface area contributed by atoms with Gasteiger partial charge in [0, 0.05) is 4.47 Å². The first kappa shape index (κ1) is 11.9. The SMILES string of the molecule is CS(=O)(=O)OCc1nc(Cl)ccc1Br. The van der Waals surface area contributed by atoms with Crippen molar-refractivity contribution >= 4 is 37.6 Å². The van der Waals surface area contributed by atoms with E-state index in [9.17, 15) is 8.42 Å². The van der Waals surface area contributed by atoms with Gasteiger partial charge in [0.25, 0.3) is 10.1 Å². The van der Waals surface area contributed by atoms with Crippen molar-refractivity contribution in [1.29, 1.82) is 0 Å². The van der Waals surface area contributed by atoms with Gasteiger partial charge in [0.1, 0.15) is 11.8 Å². The smallest absolute Gasteiger partial charge is 0.264 e. The molecule has 0 unspecified atom stereocenters. The molecule has 1 rings (SSSR count). The van der Waals surface area contributed by atoms with Crippen molar-refractivity contribution < 1.29 is 12.6 Å². The van der Waals surface area contributed by atoms with Crippen LogP contribution in [0.25, 0.3) is 0 Å². The lowest BCUT2D eigenvalue weighted by Gasteiger charge is -2.03. The molecule has 7 heteroatoms. The summed E-state index contributed by atoms with van der Waals surface area (Å²) in [5.41, 5.74) is 0.447. The van der Waals surface area contributed by atoms with E-state index in [0.29, 0.717) is 15.3 Å². The van der Waals surface area contributed by atoms with E-state index in [-0.39, 0.29) is 6.61 Å². The Bertz CT molecular complexity index is 435. The van der Waals surface area contributed by atoms with Gasteiger partial charge in [-0.1, -0.05) is 11.6 Å². The maximum Gasteiger partial charge on any atom is 0.264 e. The fraction of sp³-hybridized carbons (Fsp3) is 0.286. The standard InChI is InChI=1S/C7H7BrClNO3S/c1-14(11,12)13-4-6-5(8)2-3-7(9)10-6/h2-3H,4H2,1H3. The van der Waals surface area contributed by atoms with Gasteiger partial charge >= 0.3 is 0 Å². The van der Waals surface area contributed by atoms with Gasteiger partial charge in [-0.2, -0.15) is 8.42 Å². The van der Waals surface area contributed by atoms with E-state index in [4.69, 9.17) is 11.6 Å². The van der Waals surface area contributed by atoms with E-state index in [2.05, 4.69) is 25.1 Å². The topological polar surface area (TPSA) is 56.3 Å². The third kappa shape index (κ3) is 3.91. The molecule has 1 aromatic rings. The number of pyridine rings is 1. The maximum atomic E-state index is 10.7. The van der Waals surface area contributed by atoms with E-state index in [0.717, 1.165) is 6.26 Å². The van der Waals surface area contributed by atoms with Crippen LogP contribution in [0.4, 0.5) is 0 Å². The fourth-order valence-electron chi connectivity index (χ4n) is 0.722. The summed E-state index contributed by atoms with van der Waals surface area (Å²) in [6.07, 6.45) is 0.978. The van der Waals surface area contributed by atoms with Crippen LogP contribution in [0.1, 0.15) is 5.69 Å². The first-order valence-corrected chi connectivity index (χ1v) is 6.52. The van der Waals surface area contributed by atoms with Gasteiger partial charge in [0.05, 0.1) is 11.9 Å². The molecule has 0 radical (unpaired) electrons. The number of hydrogen-bond acceptors (Lipinski definition) is 4. The summed E-state index contributed by atoms with van der Waals surface area (Å²) in [7, 11) is -3.46. The molecular weight excluding hydrogens is 294 g/mol. The first-order valence-electron chi connectivity index (χ1n) is 3.54.